The first-order valence-electron chi connectivity index (χ1n) is 8.71. The second kappa shape index (κ2) is 8.53. The molecule has 8 heteroatoms. The van der Waals surface area contributed by atoms with E-state index in [0.29, 0.717) is 24.2 Å². The van der Waals surface area contributed by atoms with Crippen LogP contribution in [-0.4, -0.2) is 32.9 Å². The van der Waals surface area contributed by atoms with Gasteiger partial charge in [0.15, 0.2) is 0 Å². The summed E-state index contributed by atoms with van der Waals surface area (Å²) in [4.78, 5) is 16.8. The highest BCUT2D eigenvalue weighted by Gasteiger charge is 2.22. The molecule has 1 amide bonds. The molecule has 2 aromatic carbocycles. The minimum atomic E-state index is -3.76. The smallest absolute Gasteiger partial charge is 0.264 e. The third-order valence-corrected chi connectivity index (χ3v) is 6.81. The SMILES string of the molecule is Cc1nc(CCNC(=O)c2cccc(S(=O)(=O)N(C)c3ccccc3)c2)cs1. The largest absolute Gasteiger partial charge is 0.352 e. The average Bonchev–Trinajstić information content (AvgIpc) is 3.13. The van der Waals surface area contributed by atoms with Crippen LogP contribution in [0.5, 0.6) is 0 Å². The number of thiazole rings is 1. The van der Waals surface area contributed by atoms with Gasteiger partial charge >= 0.3 is 0 Å². The van der Waals surface area contributed by atoms with Gasteiger partial charge in [-0.25, -0.2) is 13.4 Å². The fourth-order valence-corrected chi connectivity index (χ4v) is 4.55. The van der Waals surface area contributed by atoms with E-state index in [2.05, 4.69) is 10.3 Å². The Hall–Kier alpha value is -2.71. The quantitative estimate of drug-likeness (QED) is 0.642. The Labute approximate surface area is 168 Å². The Morgan fingerprint density at radius 2 is 1.89 bits per heavy atom. The maximum Gasteiger partial charge on any atom is 0.264 e. The van der Waals surface area contributed by atoms with Crippen LogP contribution < -0.4 is 9.62 Å². The van der Waals surface area contributed by atoms with E-state index >= 15 is 0 Å². The molecule has 0 bridgehead atoms. The number of aryl methyl sites for hydroxylation is 1. The summed E-state index contributed by atoms with van der Waals surface area (Å²) in [6, 6.07) is 14.9. The topological polar surface area (TPSA) is 79.4 Å². The lowest BCUT2D eigenvalue weighted by molar-refractivity contribution is 0.0954. The first-order chi connectivity index (χ1) is 13.4. The van der Waals surface area contributed by atoms with Gasteiger partial charge in [-0.3, -0.25) is 9.10 Å². The Morgan fingerprint density at radius 1 is 1.14 bits per heavy atom. The number of rotatable bonds is 7. The summed E-state index contributed by atoms with van der Waals surface area (Å²) in [7, 11) is -2.27. The van der Waals surface area contributed by atoms with Crippen molar-refractivity contribution in [1.82, 2.24) is 10.3 Å². The van der Waals surface area contributed by atoms with Crippen molar-refractivity contribution < 1.29 is 13.2 Å². The van der Waals surface area contributed by atoms with Crippen LogP contribution in [-0.2, 0) is 16.4 Å². The molecular formula is C20H21N3O3S2. The Kier molecular flexibility index (Phi) is 6.11. The molecule has 1 heterocycles. The molecule has 0 aliphatic carbocycles. The number of para-hydroxylation sites is 1. The number of amides is 1. The van der Waals surface area contributed by atoms with E-state index in [9.17, 15) is 13.2 Å². The zero-order valence-electron chi connectivity index (χ0n) is 15.6. The maximum absolute atomic E-state index is 12.9. The summed E-state index contributed by atoms with van der Waals surface area (Å²) in [5.41, 5.74) is 1.79. The molecule has 6 nitrogen and oxygen atoms in total. The Balaban J connectivity index is 1.71. The number of hydrogen-bond donors (Lipinski definition) is 1. The maximum atomic E-state index is 12.9. The molecule has 0 saturated carbocycles. The lowest BCUT2D eigenvalue weighted by Crippen LogP contribution is -2.28. The number of benzene rings is 2. The number of nitrogens with one attached hydrogen (secondary N) is 1. The number of anilines is 1. The zero-order valence-corrected chi connectivity index (χ0v) is 17.3. The van der Waals surface area contributed by atoms with Gasteiger partial charge in [0.25, 0.3) is 15.9 Å². The van der Waals surface area contributed by atoms with Gasteiger partial charge in [0.1, 0.15) is 0 Å². The van der Waals surface area contributed by atoms with Gasteiger partial charge in [0.2, 0.25) is 0 Å². The molecule has 1 aromatic heterocycles. The first kappa shape index (κ1) is 20.0. The number of aromatic nitrogens is 1. The van der Waals surface area contributed by atoms with Crippen molar-refractivity contribution in [2.75, 3.05) is 17.9 Å². The molecule has 0 radical (unpaired) electrons. The molecule has 0 fully saturated rings. The molecule has 0 spiro atoms. The van der Waals surface area contributed by atoms with Crippen molar-refractivity contribution >= 4 is 33.0 Å². The van der Waals surface area contributed by atoms with Crippen molar-refractivity contribution in [3.63, 3.8) is 0 Å². The minimum Gasteiger partial charge on any atom is -0.352 e. The van der Waals surface area contributed by atoms with E-state index in [1.54, 1.807) is 47.7 Å². The summed E-state index contributed by atoms with van der Waals surface area (Å²) in [6.07, 6.45) is 0.630. The zero-order chi connectivity index (χ0) is 20.1. The highest BCUT2D eigenvalue weighted by Crippen LogP contribution is 2.22. The molecule has 0 unspecified atom stereocenters. The van der Waals surface area contributed by atoms with E-state index in [-0.39, 0.29) is 10.8 Å². The summed E-state index contributed by atoms with van der Waals surface area (Å²) >= 11 is 1.57. The van der Waals surface area contributed by atoms with Gasteiger partial charge in [0, 0.05) is 31.0 Å². The Bertz CT molecular complexity index is 1060. The third-order valence-electron chi connectivity index (χ3n) is 4.21. The molecule has 28 heavy (non-hydrogen) atoms. The highest BCUT2D eigenvalue weighted by molar-refractivity contribution is 7.92. The predicted octanol–water partition coefficient (Wildman–Crippen LogP) is 3.25. The van der Waals surface area contributed by atoms with Crippen molar-refractivity contribution in [1.29, 1.82) is 0 Å². The summed E-state index contributed by atoms with van der Waals surface area (Å²) in [6.45, 7) is 2.37. The van der Waals surface area contributed by atoms with Crippen LogP contribution in [0.25, 0.3) is 0 Å². The summed E-state index contributed by atoms with van der Waals surface area (Å²) < 4.78 is 27.0. The monoisotopic (exact) mass is 415 g/mol. The summed E-state index contributed by atoms with van der Waals surface area (Å²) in [5, 5.41) is 5.77. The number of carbonyl (C=O) groups excluding carboxylic acids is 1. The fourth-order valence-electron chi connectivity index (χ4n) is 2.66. The van der Waals surface area contributed by atoms with Crippen molar-refractivity contribution in [2.24, 2.45) is 0 Å². The molecule has 3 aromatic rings. The third kappa shape index (κ3) is 4.58. The Morgan fingerprint density at radius 3 is 2.57 bits per heavy atom. The molecule has 0 aliphatic rings. The van der Waals surface area contributed by atoms with Crippen LogP contribution in [0.3, 0.4) is 0 Å². The fraction of sp³-hybridized carbons (Fsp3) is 0.200. The minimum absolute atomic E-state index is 0.0710. The normalized spacial score (nSPS) is 11.2. The first-order valence-corrected chi connectivity index (χ1v) is 11.0. The average molecular weight is 416 g/mol. The predicted molar refractivity (Wildman–Crippen MR) is 111 cm³/mol. The van der Waals surface area contributed by atoms with E-state index in [1.165, 1.54) is 23.5 Å². The van der Waals surface area contributed by atoms with Gasteiger partial charge < -0.3 is 5.32 Å². The molecule has 0 aliphatic heterocycles. The van der Waals surface area contributed by atoms with Crippen LogP contribution >= 0.6 is 11.3 Å². The molecule has 0 atom stereocenters. The number of nitrogens with zero attached hydrogens (tertiary/aromatic N) is 2. The van der Waals surface area contributed by atoms with E-state index in [4.69, 9.17) is 0 Å². The molecular weight excluding hydrogens is 394 g/mol. The standard InChI is InChI=1S/C20H21N3O3S2/c1-15-22-17(14-27-15)11-12-21-20(24)16-7-6-10-19(13-16)28(25,26)23(2)18-8-4-3-5-9-18/h3-10,13-14H,11-12H2,1-2H3,(H,21,24). The molecule has 3 rings (SSSR count). The summed E-state index contributed by atoms with van der Waals surface area (Å²) in [5.74, 6) is -0.314. The van der Waals surface area contributed by atoms with Crippen LogP contribution in [0, 0.1) is 6.92 Å². The van der Waals surface area contributed by atoms with E-state index < -0.39 is 10.0 Å². The number of sulfonamides is 1. The van der Waals surface area contributed by atoms with Gasteiger partial charge in [0.05, 0.1) is 21.3 Å². The number of hydrogen-bond acceptors (Lipinski definition) is 5. The second-order valence-corrected chi connectivity index (χ2v) is 9.23. The lowest BCUT2D eigenvalue weighted by Gasteiger charge is -2.19. The highest BCUT2D eigenvalue weighted by atomic mass is 32.2. The van der Waals surface area contributed by atoms with Crippen molar-refractivity contribution in [3.8, 4) is 0 Å². The van der Waals surface area contributed by atoms with Crippen LogP contribution in [0.15, 0.2) is 64.9 Å². The second-order valence-electron chi connectivity index (χ2n) is 6.20. The lowest BCUT2D eigenvalue weighted by atomic mass is 10.2. The number of carbonyl (C=O) groups is 1. The van der Waals surface area contributed by atoms with Gasteiger partial charge in [-0.1, -0.05) is 24.3 Å². The van der Waals surface area contributed by atoms with E-state index in [1.807, 2.05) is 18.4 Å². The van der Waals surface area contributed by atoms with Crippen LogP contribution in [0.2, 0.25) is 0 Å². The van der Waals surface area contributed by atoms with Crippen molar-refractivity contribution in [2.45, 2.75) is 18.2 Å². The molecule has 146 valence electrons. The molecule has 0 saturated heterocycles. The van der Waals surface area contributed by atoms with Crippen molar-refractivity contribution in [3.05, 3.63) is 76.2 Å². The van der Waals surface area contributed by atoms with Gasteiger partial charge in [-0.15, -0.1) is 11.3 Å². The van der Waals surface area contributed by atoms with Crippen LogP contribution in [0.4, 0.5) is 5.69 Å². The van der Waals surface area contributed by atoms with E-state index in [0.717, 1.165) is 10.7 Å². The van der Waals surface area contributed by atoms with Crippen LogP contribution in [0.1, 0.15) is 21.1 Å². The molecule has 1 N–H and O–H groups in total. The van der Waals surface area contributed by atoms with Gasteiger partial charge in [-0.05, 0) is 37.3 Å². The van der Waals surface area contributed by atoms with Gasteiger partial charge in [-0.2, -0.15) is 0 Å².